The molecule has 0 bridgehead atoms. The Kier molecular flexibility index (Phi) is 4.30. The summed E-state index contributed by atoms with van der Waals surface area (Å²) in [6, 6.07) is 8.69. The third kappa shape index (κ3) is 2.51. The van der Waals surface area contributed by atoms with Crippen molar-refractivity contribution in [2.75, 3.05) is 4.90 Å². The van der Waals surface area contributed by atoms with Crippen molar-refractivity contribution >= 4 is 33.2 Å². The number of H-pyrrole nitrogens is 1. The van der Waals surface area contributed by atoms with Crippen molar-refractivity contribution in [1.29, 1.82) is 5.26 Å². The summed E-state index contributed by atoms with van der Waals surface area (Å²) >= 11 is 1.56. The first-order valence-corrected chi connectivity index (χ1v) is 11.6. The Morgan fingerprint density at radius 1 is 1.27 bits per heavy atom. The van der Waals surface area contributed by atoms with Crippen LogP contribution >= 0.6 is 11.3 Å². The average molecular weight is 419 g/mol. The number of hydrogen-bond donors (Lipinski definition) is 1. The highest BCUT2D eigenvalue weighted by atomic mass is 32.1. The number of aromatic nitrogens is 2. The number of nitrogens with zero attached hydrogens (tertiary/aromatic N) is 3. The number of carbonyl (C=O) groups is 1. The number of ketones is 1. The van der Waals surface area contributed by atoms with Gasteiger partial charge in [-0.3, -0.25) is 4.79 Å². The van der Waals surface area contributed by atoms with Crippen LogP contribution in [0.15, 0.2) is 18.2 Å². The summed E-state index contributed by atoms with van der Waals surface area (Å²) in [5.41, 5.74) is 3.55. The van der Waals surface area contributed by atoms with Crippen LogP contribution in [0.5, 0.6) is 0 Å². The van der Waals surface area contributed by atoms with Gasteiger partial charge in [-0.05, 0) is 51.7 Å². The van der Waals surface area contributed by atoms with Crippen molar-refractivity contribution < 1.29 is 4.79 Å². The van der Waals surface area contributed by atoms with Crippen LogP contribution in [0.1, 0.15) is 85.6 Å². The smallest absolute Gasteiger partial charge is 0.207 e. The second-order valence-corrected chi connectivity index (χ2v) is 9.96. The van der Waals surface area contributed by atoms with Crippen molar-refractivity contribution in [3.05, 3.63) is 45.6 Å². The molecule has 1 aliphatic carbocycles. The number of anilines is 1. The molecule has 0 spiro atoms. The van der Waals surface area contributed by atoms with Gasteiger partial charge in [-0.2, -0.15) is 5.26 Å². The van der Waals surface area contributed by atoms with Gasteiger partial charge in [0, 0.05) is 34.1 Å². The first kappa shape index (κ1) is 19.3. The Morgan fingerprint density at radius 3 is 2.60 bits per heavy atom. The molecule has 154 valence electrons. The Morgan fingerprint density at radius 2 is 1.97 bits per heavy atom. The minimum Gasteiger partial charge on any atom is -0.357 e. The maximum absolute atomic E-state index is 13.6. The van der Waals surface area contributed by atoms with E-state index < -0.39 is 5.41 Å². The summed E-state index contributed by atoms with van der Waals surface area (Å²) in [5.74, 6) is 0.0549. The molecule has 3 heterocycles. The lowest BCUT2D eigenvalue weighted by Crippen LogP contribution is -2.35. The van der Waals surface area contributed by atoms with Crippen LogP contribution in [0, 0.1) is 11.3 Å². The summed E-state index contributed by atoms with van der Waals surface area (Å²) in [7, 11) is 0. The zero-order chi connectivity index (χ0) is 21.2. The summed E-state index contributed by atoms with van der Waals surface area (Å²) in [5, 5.41) is 11.1. The first-order valence-electron chi connectivity index (χ1n) is 10.8. The highest BCUT2D eigenvalue weighted by Crippen LogP contribution is 2.48. The van der Waals surface area contributed by atoms with Gasteiger partial charge >= 0.3 is 0 Å². The summed E-state index contributed by atoms with van der Waals surface area (Å²) < 4.78 is 0. The summed E-state index contributed by atoms with van der Waals surface area (Å²) in [6.45, 7) is 8.76. The SMILES string of the molecule is CCC1CCC(CC)N1c1nc2c(s1)C(=O)c1c([nH]c3cc(C#N)ccc13)C2(C)C. The molecule has 6 heteroatoms. The molecule has 0 saturated carbocycles. The van der Waals surface area contributed by atoms with E-state index in [0.717, 1.165) is 50.7 Å². The lowest BCUT2D eigenvalue weighted by molar-refractivity contribution is 0.103. The van der Waals surface area contributed by atoms with Crippen LogP contribution in [0.2, 0.25) is 0 Å². The number of hydrogen-bond acceptors (Lipinski definition) is 5. The van der Waals surface area contributed by atoms with Gasteiger partial charge in [-0.1, -0.05) is 31.3 Å². The van der Waals surface area contributed by atoms with Crippen molar-refractivity contribution in [2.24, 2.45) is 0 Å². The number of fused-ring (bicyclic) bond motifs is 4. The number of nitriles is 1. The second-order valence-electron chi connectivity index (χ2n) is 8.98. The molecular weight excluding hydrogens is 392 g/mol. The fraction of sp³-hybridized carbons (Fsp3) is 0.458. The van der Waals surface area contributed by atoms with Crippen LogP contribution in [0.3, 0.4) is 0 Å². The van der Waals surface area contributed by atoms with E-state index in [1.165, 1.54) is 12.8 Å². The summed E-state index contributed by atoms with van der Waals surface area (Å²) in [4.78, 5) is 25.4. The van der Waals surface area contributed by atoms with Crippen LogP contribution < -0.4 is 4.90 Å². The Hall–Kier alpha value is -2.65. The predicted molar refractivity (Wildman–Crippen MR) is 121 cm³/mol. The minimum absolute atomic E-state index is 0.0549. The lowest BCUT2D eigenvalue weighted by Gasteiger charge is -2.29. The third-order valence-electron chi connectivity index (χ3n) is 6.98. The predicted octanol–water partition coefficient (Wildman–Crippen LogP) is 5.52. The van der Waals surface area contributed by atoms with Gasteiger partial charge in [-0.25, -0.2) is 4.98 Å². The standard InChI is InChI=1S/C24H26N4OS/c1-5-14-8-9-15(6-2)28(14)23-27-22-20(30-23)19(29)18-16-10-7-13(12-25)11-17(16)26-21(18)24(22,3)4/h7,10-11,14-15,26H,5-6,8-9H2,1-4H3. The molecule has 2 aromatic heterocycles. The molecule has 5 nitrogen and oxygen atoms in total. The van der Waals surface area contributed by atoms with Gasteiger partial charge in [0.25, 0.3) is 0 Å². The van der Waals surface area contributed by atoms with Gasteiger partial charge < -0.3 is 9.88 Å². The zero-order valence-electron chi connectivity index (χ0n) is 17.9. The maximum Gasteiger partial charge on any atom is 0.207 e. The number of benzene rings is 1. The second kappa shape index (κ2) is 6.68. The fourth-order valence-electron chi connectivity index (χ4n) is 5.28. The molecule has 0 amide bonds. The molecule has 3 aromatic rings. The van der Waals surface area contributed by atoms with Crippen molar-refractivity contribution in [2.45, 2.75) is 70.9 Å². The molecule has 30 heavy (non-hydrogen) atoms. The molecule has 2 aliphatic rings. The van der Waals surface area contributed by atoms with Gasteiger partial charge in [0.05, 0.1) is 22.9 Å². The van der Waals surface area contributed by atoms with E-state index in [9.17, 15) is 10.1 Å². The monoisotopic (exact) mass is 418 g/mol. The number of carbonyl (C=O) groups excluding carboxylic acids is 1. The number of nitrogens with one attached hydrogen (secondary N) is 1. The van der Waals surface area contributed by atoms with Crippen LogP contribution in [-0.2, 0) is 5.41 Å². The fourth-order valence-corrected chi connectivity index (χ4v) is 6.59. The molecule has 0 radical (unpaired) electrons. The third-order valence-corrected chi connectivity index (χ3v) is 8.04. The van der Waals surface area contributed by atoms with Gasteiger partial charge in [0.1, 0.15) is 4.88 Å². The molecular formula is C24H26N4OS. The molecule has 1 aliphatic heterocycles. The molecule has 5 rings (SSSR count). The average Bonchev–Trinajstić information content (AvgIpc) is 3.46. The van der Waals surface area contributed by atoms with E-state index in [0.29, 0.717) is 17.6 Å². The van der Waals surface area contributed by atoms with E-state index in [-0.39, 0.29) is 5.78 Å². The Labute approximate surface area is 180 Å². The molecule has 1 aromatic carbocycles. The van der Waals surface area contributed by atoms with E-state index in [1.54, 1.807) is 17.4 Å². The minimum atomic E-state index is -0.400. The molecule has 2 unspecified atom stereocenters. The van der Waals surface area contributed by atoms with Crippen LogP contribution in [0.25, 0.3) is 10.9 Å². The van der Waals surface area contributed by atoms with E-state index in [2.05, 4.69) is 43.6 Å². The number of rotatable bonds is 3. The topological polar surface area (TPSA) is 72.8 Å². The first-order chi connectivity index (χ1) is 14.4. The lowest BCUT2D eigenvalue weighted by atomic mass is 9.77. The van der Waals surface area contributed by atoms with E-state index in [1.807, 2.05) is 12.1 Å². The zero-order valence-corrected chi connectivity index (χ0v) is 18.7. The highest BCUT2D eigenvalue weighted by molar-refractivity contribution is 7.18. The number of aromatic amines is 1. The van der Waals surface area contributed by atoms with Crippen molar-refractivity contribution in [1.82, 2.24) is 9.97 Å². The molecule has 2 atom stereocenters. The van der Waals surface area contributed by atoms with Gasteiger partial charge in [0.2, 0.25) is 5.78 Å². The number of thiazole rings is 1. The Bertz CT molecular complexity index is 1200. The normalized spacial score (nSPS) is 22.2. The quantitative estimate of drug-likeness (QED) is 0.607. The van der Waals surface area contributed by atoms with Crippen molar-refractivity contribution in [3.63, 3.8) is 0 Å². The molecule has 1 saturated heterocycles. The van der Waals surface area contributed by atoms with Crippen LogP contribution in [-0.4, -0.2) is 27.8 Å². The summed E-state index contributed by atoms with van der Waals surface area (Å²) in [6.07, 6.45) is 4.59. The van der Waals surface area contributed by atoms with Gasteiger partial charge in [-0.15, -0.1) is 0 Å². The van der Waals surface area contributed by atoms with Crippen molar-refractivity contribution in [3.8, 4) is 6.07 Å². The van der Waals surface area contributed by atoms with Gasteiger partial charge in [0.15, 0.2) is 5.13 Å². The van der Waals surface area contributed by atoms with E-state index >= 15 is 0 Å². The largest absolute Gasteiger partial charge is 0.357 e. The highest BCUT2D eigenvalue weighted by Gasteiger charge is 2.44. The molecule has 1 N–H and O–H groups in total. The van der Waals surface area contributed by atoms with Crippen LogP contribution in [0.4, 0.5) is 5.13 Å². The molecule has 1 fully saturated rings. The maximum atomic E-state index is 13.6. The van der Waals surface area contributed by atoms with E-state index in [4.69, 9.17) is 4.98 Å². The Balaban J connectivity index is 1.67.